The van der Waals surface area contributed by atoms with Crippen LogP contribution in [0.2, 0.25) is 5.02 Å². The van der Waals surface area contributed by atoms with Gasteiger partial charge >= 0.3 is 0 Å². The van der Waals surface area contributed by atoms with Crippen LogP contribution in [-0.2, 0) is 0 Å². The van der Waals surface area contributed by atoms with E-state index in [-0.39, 0.29) is 11.8 Å². The number of nitro groups is 1. The Morgan fingerprint density at radius 2 is 2.29 bits per heavy atom. The van der Waals surface area contributed by atoms with Crippen molar-refractivity contribution in [3.05, 3.63) is 33.3 Å². The topological polar surface area (TPSA) is 75.4 Å². The first-order valence-corrected chi connectivity index (χ1v) is 5.75. The lowest BCUT2D eigenvalue weighted by Gasteiger charge is -2.09. The fourth-order valence-electron chi connectivity index (χ4n) is 1.45. The molecule has 1 aromatic rings. The van der Waals surface area contributed by atoms with Gasteiger partial charge in [-0.3, -0.25) is 10.1 Å². The number of aliphatic hydroxyl groups is 1. The molecule has 1 atom stereocenters. The molecule has 1 unspecified atom stereocenters. The van der Waals surface area contributed by atoms with Gasteiger partial charge in [0.1, 0.15) is 5.69 Å². The average Bonchev–Trinajstić information content (AvgIpc) is 2.25. The number of nitro benzene ring substituents is 1. The van der Waals surface area contributed by atoms with Crippen molar-refractivity contribution in [2.24, 2.45) is 0 Å². The van der Waals surface area contributed by atoms with Gasteiger partial charge in [0.25, 0.3) is 5.69 Å². The SMILES string of the molecule is CC(O)CCCNc1c(Cl)cccc1[N+](=O)[O-]. The zero-order valence-corrected chi connectivity index (χ0v) is 10.3. The molecule has 6 heteroatoms. The third-order valence-electron chi connectivity index (χ3n) is 2.29. The summed E-state index contributed by atoms with van der Waals surface area (Å²) in [5.74, 6) is 0. The average molecular weight is 259 g/mol. The number of benzene rings is 1. The van der Waals surface area contributed by atoms with Crippen LogP contribution in [0.4, 0.5) is 11.4 Å². The summed E-state index contributed by atoms with van der Waals surface area (Å²) >= 11 is 5.90. The molecule has 2 N–H and O–H groups in total. The van der Waals surface area contributed by atoms with Crippen molar-refractivity contribution in [1.29, 1.82) is 0 Å². The van der Waals surface area contributed by atoms with E-state index in [1.807, 2.05) is 0 Å². The van der Waals surface area contributed by atoms with E-state index in [0.29, 0.717) is 23.7 Å². The van der Waals surface area contributed by atoms with Crippen LogP contribution in [0.15, 0.2) is 18.2 Å². The Kier molecular flexibility index (Phi) is 5.18. The molecule has 0 heterocycles. The van der Waals surface area contributed by atoms with Crippen molar-refractivity contribution in [3.8, 4) is 0 Å². The van der Waals surface area contributed by atoms with Crippen LogP contribution in [0.25, 0.3) is 0 Å². The summed E-state index contributed by atoms with van der Waals surface area (Å²) in [7, 11) is 0. The standard InChI is InChI=1S/C11H15ClN2O3/c1-8(15)4-3-7-13-11-9(12)5-2-6-10(11)14(16)17/h2,5-6,8,13,15H,3-4,7H2,1H3. The minimum Gasteiger partial charge on any atom is -0.393 e. The van der Waals surface area contributed by atoms with E-state index in [4.69, 9.17) is 16.7 Å². The molecule has 0 aliphatic heterocycles. The predicted octanol–water partition coefficient (Wildman–Crippen LogP) is 2.82. The normalized spacial score (nSPS) is 12.2. The number of aliphatic hydroxyl groups excluding tert-OH is 1. The van der Waals surface area contributed by atoms with Crippen LogP contribution in [-0.4, -0.2) is 22.7 Å². The van der Waals surface area contributed by atoms with Gasteiger partial charge in [0.2, 0.25) is 0 Å². The first-order valence-electron chi connectivity index (χ1n) is 5.37. The Bertz CT molecular complexity index is 396. The molecule has 0 radical (unpaired) electrons. The van der Waals surface area contributed by atoms with Crippen LogP contribution < -0.4 is 5.32 Å². The Morgan fingerprint density at radius 1 is 1.59 bits per heavy atom. The van der Waals surface area contributed by atoms with Crippen molar-refractivity contribution >= 4 is 23.0 Å². The van der Waals surface area contributed by atoms with Gasteiger partial charge in [-0.15, -0.1) is 0 Å². The van der Waals surface area contributed by atoms with Crippen molar-refractivity contribution in [1.82, 2.24) is 0 Å². The maximum Gasteiger partial charge on any atom is 0.293 e. The lowest BCUT2D eigenvalue weighted by Crippen LogP contribution is -2.08. The largest absolute Gasteiger partial charge is 0.393 e. The van der Waals surface area contributed by atoms with Gasteiger partial charge in [0, 0.05) is 12.6 Å². The highest BCUT2D eigenvalue weighted by Gasteiger charge is 2.15. The highest BCUT2D eigenvalue weighted by molar-refractivity contribution is 6.33. The molecule has 94 valence electrons. The van der Waals surface area contributed by atoms with E-state index in [1.165, 1.54) is 6.07 Å². The minimum atomic E-state index is -0.469. The fraction of sp³-hybridized carbons (Fsp3) is 0.455. The second-order valence-corrected chi connectivity index (χ2v) is 4.22. The monoisotopic (exact) mass is 258 g/mol. The summed E-state index contributed by atoms with van der Waals surface area (Å²) < 4.78 is 0. The summed E-state index contributed by atoms with van der Waals surface area (Å²) in [5, 5.41) is 23.1. The van der Waals surface area contributed by atoms with E-state index < -0.39 is 4.92 Å². The smallest absolute Gasteiger partial charge is 0.293 e. The quantitative estimate of drug-likeness (QED) is 0.467. The third kappa shape index (κ3) is 4.20. The maximum atomic E-state index is 10.8. The number of nitrogens with zero attached hydrogens (tertiary/aromatic N) is 1. The van der Waals surface area contributed by atoms with Crippen molar-refractivity contribution in [3.63, 3.8) is 0 Å². The van der Waals surface area contributed by atoms with Crippen LogP contribution >= 0.6 is 11.6 Å². The van der Waals surface area contributed by atoms with Gasteiger partial charge in [-0.2, -0.15) is 0 Å². The minimum absolute atomic E-state index is 0.0328. The van der Waals surface area contributed by atoms with Gasteiger partial charge in [0.15, 0.2) is 0 Å². The second kappa shape index (κ2) is 6.42. The maximum absolute atomic E-state index is 10.8. The molecule has 0 fully saturated rings. The van der Waals surface area contributed by atoms with Crippen molar-refractivity contribution < 1.29 is 10.0 Å². The van der Waals surface area contributed by atoms with Crippen LogP contribution in [0.1, 0.15) is 19.8 Å². The number of anilines is 1. The van der Waals surface area contributed by atoms with Gasteiger partial charge in [-0.1, -0.05) is 17.7 Å². The summed E-state index contributed by atoms with van der Waals surface area (Å²) in [6.07, 6.45) is 1.00. The number of hydrogen-bond acceptors (Lipinski definition) is 4. The van der Waals surface area contributed by atoms with Crippen molar-refractivity contribution in [2.75, 3.05) is 11.9 Å². The fourth-order valence-corrected chi connectivity index (χ4v) is 1.69. The molecule has 1 aromatic carbocycles. The highest BCUT2D eigenvalue weighted by atomic mass is 35.5. The first kappa shape index (κ1) is 13.7. The molecule has 0 aromatic heterocycles. The van der Waals surface area contributed by atoms with Crippen molar-refractivity contribution in [2.45, 2.75) is 25.9 Å². The first-order chi connectivity index (χ1) is 8.02. The van der Waals surface area contributed by atoms with Gasteiger partial charge < -0.3 is 10.4 Å². The van der Waals surface area contributed by atoms with Crippen LogP contribution in [0.5, 0.6) is 0 Å². The zero-order chi connectivity index (χ0) is 12.8. The number of halogens is 1. The van der Waals surface area contributed by atoms with Crippen LogP contribution in [0.3, 0.4) is 0 Å². The zero-order valence-electron chi connectivity index (χ0n) is 9.52. The molecule has 0 saturated carbocycles. The van der Waals surface area contributed by atoms with E-state index in [2.05, 4.69) is 5.32 Å². The second-order valence-electron chi connectivity index (χ2n) is 3.81. The Labute approximate surface area is 105 Å². The van der Waals surface area contributed by atoms with Gasteiger partial charge in [-0.05, 0) is 25.8 Å². The summed E-state index contributed by atoms with van der Waals surface area (Å²) in [6, 6.07) is 4.55. The molecule has 0 aliphatic carbocycles. The molecule has 1 rings (SSSR count). The molecule has 0 spiro atoms. The predicted molar refractivity (Wildman–Crippen MR) is 67.5 cm³/mol. The lowest BCUT2D eigenvalue weighted by molar-refractivity contribution is -0.383. The molecule has 0 amide bonds. The Hall–Kier alpha value is -1.33. The van der Waals surface area contributed by atoms with Gasteiger partial charge in [0.05, 0.1) is 16.0 Å². The molecule has 0 aliphatic rings. The summed E-state index contributed by atoms with van der Waals surface area (Å²) in [6.45, 7) is 2.24. The highest BCUT2D eigenvalue weighted by Crippen LogP contribution is 2.31. The Morgan fingerprint density at radius 3 is 2.88 bits per heavy atom. The molecular weight excluding hydrogens is 244 g/mol. The van der Waals surface area contributed by atoms with E-state index in [1.54, 1.807) is 19.1 Å². The van der Waals surface area contributed by atoms with E-state index in [9.17, 15) is 10.1 Å². The number of para-hydroxylation sites is 1. The molecule has 5 nitrogen and oxygen atoms in total. The van der Waals surface area contributed by atoms with Gasteiger partial charge in [-0.25, -0.2) is 0 Å². The molecule has 17 heavy (non-hydrogen) atoms. The van der Waals surface area contributed by atoms with E-state index in [0.717, 1.165) is 6.42 Å². The lowest BCUT2D eigenvalue weighted by atomic mass is 10.2. The molecular formula is C11H15ClN2O3. The summed E-state index contributed by atoms with van der Waals surface area (Å²) in [4.78, 5) is 10.3. The number of nitrogens with one attached hydrogen (secondary N) is 1. The molecule has 0 saturated heterocycles. The number of rotatable bonds is 6. The Balaban J connectivity index is 2.66. The summed E-state index contributed by atoms with van der Waals surface area (Å²) in [5.41, 5.74) is 0.305. The van der Waals surface area contributed by atoms with E-state index >= 15 is 0 Å². The van der Waals surface area contributed by atoms with Crippen LogP contribution in [0, 0.1) is 10.1 Å². The number of hydrogen-bond donors (Lipinski definition) is 2. The third-order valence-corrected chi connectivity index (χ3v) is 2.60. The molecule has 0 bridgehead atoms.